The van der Waals surface area contributed by atoms with Crippen molar-refractivity contribution in [3.63, 3.8) is 0 Å². The topological polar surface area (TPSA) is 197 Å². The third-order valence-corrected chi connectivity index (χ3v) is 11.1. The first-order valence-electron chi connectivity index (χ1n) is 19.3. The van der Waals surface area contributed by atoms with Crippen molar-refractivity contribution in [1.29, 1.82) is 0 Å². The Morgan fingerprint density at radius 3 is 2.28 bits per heavy atom. The number of aromatic amines is 2. The number of benzene rings is 2. The summed E-state index contributed by atoms with van der Waals surface area (Å²) < 4.78 is 22.0. The van der Waals surface area contributed by atoms with Gasteiger partial charge >= 0.3 is 11.7 Å². The van der Waals surface area contributed by atoms with Crippen molar-refractivity contribution >= 4 is 28.9 Å². The lowest BCUT2D eigenvalue weighted by Crippen LogP contribution is -2.51. The fraction of sp³-hybridized carbons (Fsp3) is 0.415. The molecule has 16 nitrogen and oxygen atoms in total. The molecule has 0 bridgehead atoms. The van der Waals surface area contributed by atoms with Crippen molar-refractivity contribution in [3.8, 4) is 39.4 Å². The van der Waals surface area contributed by atoms with Gasteiger partial charge in [-0.3, -0.25) is 14.9 Å². The van der Waals surface area contributed by atoms with E-state index in [0.29, 0.717) is 53.8 Å². The average Bonchev–Trinajstić information content (AvgIpc) is 4.06. The van der Waals surface area contributed by atoms with E-state index >= 15 is 0 Å². The molecule has 5 aromatic rings. The summed E-state index contributed by atoms with van der Waals surface area (Å²) in [6, 6.07) is 10.2. The van der Waals surface area contributed by atoms with Crippen molar-refractivity contribution < 1.29 is 33.0 Å². The molecule has 3 amide bonds. The SMILES string of the molecule is COCNCC(=O)N1CCCC1c1ncc(-c2ccc3c(c2)OCc2c-3c(=O)oc3cc(-c4cnc(C5CCCN5C(=O)C(NC(=O)OC)C(C)C)[nH]4)ccc23)[nH]1. The second-order valence-corrected chi connectivity index (χ2v) is 15.0. The number of carbonyl (C=O) groups excluding carboxylic acids is 3. The summed E-state index contributed by atoms with van der Waals surface area (Å²) in [4.78, 5) is 71.8. The molecule has 2 aromatic carbocycles. The van der Waals surface area contributed by atoms with Crippen molar-refractivity contribution in [1.82, 2.24) is 40.4 Å². The number of hydrogen-bond donors (Lipinski definition) is 4. The number of methoxy groups -OCH3 is 2. The number of ether oxygens (including phenoxy) is 3. The van der Waals surface area contributed by atoms with Gasteiger partial charge in [-0.15, -0.1) is 0 Å². The van der Waals surface area contributed by atoms with E-state index in [1.54, 1.807) is 24.4 Å². The fourth-order valence-corrected chi connectivity index (χ4v) is 8.23. The Hall–Kier alpha value is -6.00. The van der Waals surface area contributed by atoms with Crippen LogP contribution in [0.1, 0.15) is 68.8 Å². The summed E-state index contributed by atoms with van der Waals surface area (Å²) in [6.07, 6.45) is 6.06. The molecule has 16 heteroatoms. The van der Waals surface area contributed by atoms with Crippen LogP contribution in [0.5, 0.6) is 5.75 Å². The summed E-state index contributed by atoms with van der Waals surface area (Å²) in [6.45, 7) is 5.66. The summed E-state index contributed by atoms with van der Waals surface area (Å²) in [7, 11) is 2.85. The van der Waals surface area contributed by atoms with E-state index in [4.69, 9.17) is 18.6 Å². The van der Waals surface area contributed by atoms with E-state index in [1.807, 2.05) is 55.1 Å². The van der Waals surface area contributed by atoms with Gasteiger partial charge in [0.2, 0.25) is 11.8 Å². The molecule has 3 aromatic heterocycles. The standard InChI is InChI=1S/C41H46N8O8/c1-22(2)36(47-41(53)55-4)39(51)49-14-6-8-31(49)38-44-18-29(46-38)24-9-11-25-27-20-56-32-15-23(10-12-26(32)35(27)40(52)57-33(25)16-24)28-17-43-37(45-28)30-7-5-13-48(30)34(50)19-42-21-54-3/h9-12,15-18,22,30-31,36,42H,5-8,13-14,19-21H2,1-4H3,(H,43,45)(H,44,46)(H,47,53). The number of nitrogens with zero attached hydrogens (tertiary/aromatic N) is 4. The number of carbonyl (C=O) groups is 3. The van der Waals surface area contributed by atoms with Gasteiger partial charge in [0.15, 0.2) is 0 Å². The third-order valence-electron chi connectivity index (χ3n) is 11.1. The first-order valence-corrected chi connectivity index (χ1v) is 19.3. The van der Waals surface area contributed by atoms with Gasteiger partial charge in [-0.2, -0.15) is 0 Å². The van der Waals surface area contributed by atoms with Gasteiger partial charge in [0, 0.05) is 47.8 Å². The predicted octanol–water partition coefficient (Wildman–Crippen LogP) is 5.03. The van der Waals surface area contributed by atoms with Crippen LogP contribution in [-0.2, 0) is 25.7 Å². The largest absolute Gasteiger partial charge is 0.488 e. The highest BCUT2D eigenvalue weighted by atomic mass is 16.5. The van der Waals surface area contributed by atoms with Crippen LogP contribution in [0, 0.1) is 5.92 Å². The van der Waals surface area contributed by atoms with Crippen LogP contribution in [-0.4, -0.2) is 94.3 Å². The zero-order chi connectivity index (χ0) is 39.8. The number of amides is 3. The van der Waals surface area contributed by atoms with Crippen molar-refractivity contribution in [3.05, 3.63) is 76.4 Å². The highest BCUT2D eigenvalue weighted by Gasteiger charge is 2.38. The van der Waals surface area contributed by atoms with Crippen LogP contribution in [0.4, 0.5) is 4.79 Å². The Balaban J connectivity index is 1.01. The van der Waals surface area contributed by atoms with Crippen molar-refractivity contribution in [2.24, 2.45) is 5.92 Å². The first-order chi connectivity index (χ1) is 27.6. The van der Waals surface area contributed by atoms with Crippen LogP contribution in [0.15, 0.2) is 58.0 Å². The number of imidazole rings is 2. The van der Waals surface area contributed by atoms with Gasteiger partial charge in [-0.05, 0) is 49.8 Å². The molecule has 57 heavy (non-hydrogen) atoms. The van der Waals surface area contributed by atoms with Crippen LogP contribution in [0.2, 0.25) is 0 Å². The van der Waals surface area contributed by atoms with Gasteiger partial charge in [0.25, 0.3) is 0 Å². The van der Waals surface area contributed by atoms with E-state index < -0.39 is 17.8 Å². The molecule has 0 spiro atoms. The molecular weight excluding hydrogens is 732 g/mol. The van der Waals surface area contributed by atoms with Gasteiger partial charge in [-0.25, -0.2) is 19.6 Å². The van der Waals surface area contributed by atoms with E-state index in [2.05, 4.69) is 30.6 Å². The summed E-state index contributed by atoms with van der Waals surface area (Å²) >= 11 is 0. The third kappa shape index (κ3) is 7.26. The smallest absolute Gasteiger partial charge is 0.407 e. The maximum atomic E-state index is 13.7. The number of rotatable bonds is 11. The molecule has 0 aliphatic carbocycles. The molecule has 3 aliphatic rings. The van der Waals surface area contributed by atoms with Gasteiger partial charge in [0.1, 0.15) is 35.6 Å². The molecular formula is C41H46N8O8. The van der Waals surface area contributed by atoms with Crippen LogP contribution in [0.25, 0.3) is 44.6 Å². The molecule has 2 fully saturated rings. The molecule has 2 saturated heterocycles. The van der Waals surface area contributed by atoms with E-state index in [9.17, 15) is 19.2 Å². The fourth-order valence-electron chi connectivity index (χ4n) is 8.23. The van der Waals surface area contributed by atoms with Gasteiger partial charge < -0.3 is 43.7 Å². The molecule has 8 rings (SSSR count). The monoisotopic (exact) mass is 778 g/mol. The average molecular weight is 779 g/mol. The van der Waals surface area contributed by atoms with Crippen LogP contribution in [0.3, 0.4) is 0 Å². The number of aromatic nitrogens is 4. The Morgan fingerprint density at radius 1 is 0.930 bits per heavy atom. The number of nitrogens with one attached hydrogen (secondary N) is 4. The first kappa shape index (κ1) is 37.9. The highest BCUT2D eigenvalue weighted by molar-refractivity contribution is 5.92. The van der Waals surface area contributed by atoms with E-state index in [-0.39, 0.29) is 43.0 Å². The lowest BCUT2D eigenvalue weighted by molar-refractivity contribution is -0.135. The Bertz CT molecular complexity index is 2380. The van der Waals surface area contributed by atoms with E-state index in [1.165, 1.54) is 7.11 Å². The number of likely N-dealkylation sites (tertiary alicyclic amines) is 2. The number of H-pyrrole nitrogens is 2. The summed E-state index contributed by atoms with van der Waals surface area (Å²) in [5.74, 6) is 1.60. The van der Waals surface area contributed by atoms with Crippen molar-refractivity contribution in [2.45, 2.75) is 64.3 Å². The molecule has 6 heterocycles. The maximum absolute atomic E-state index is 13.7. The summed E-state index contributed by atoms with van der Waals surface area (Å²) in [5, 5.41) is 6.43. The van der Waals surface area contributed by atoms with Crippen molar-refractivity contribution in [2.75, 3.05) is 40.6 Å². The lowest BCUT2D eigenvalue weighted by Gasteiger charge is -2.30. The number of fused-ring (bicyclic) bond motifs is 5. The van der Waals surface area contributed by atoms with Gasteiger partial charge in [-0.1, -0.05) is 32.0 Å². The van der Waals surface area contributed by atoms with Crippen LogP contribution >= 0.6 is 0 Å². The minimum absolute atomic E-state index is 0.000208. The zero-order valence-corrected chi connectivity index (χ0v) is 32.3. The Morgan fingerprint density at radius 2 is 1.60 bits per heavy atom. The zero-order valence-electron chi connectivity index (χ0n) is 32.3. The normalized spacial score (nSPS) is 18.1. The van der Waals surface area contributed by atoms with Crippen LogP contribution < -0.4 is 21.0 Å². The molecule has 0 radical (unpaired) electrons. The predicted molar refractivity (Wildman–Crippen MR) is 209 cm³/mol. The van der Waals surface area contributed by atoms with E-state index in [0.717, 1.165) is 59.3 Å². The lowest BCUT2D eigenvalue weighted by atomic mass is 9.94. The molecule has 4 N–H and O–H groups in total. The molecule has 3 atom stereocenters. The van der Waals surface area contributed by atoms with Gasteiger partial charge in [0.05, 0.1) is 61.8 Å². The second kappa shape index (κ2) is 15.9. The quantitative estimate of drug-likeness (QED) is 0.0797. The molecule has 3 unspecified atom stereocenters. The minimum atomic E-state index is -0.730. The Labute approximate surface area is 328 Å². The minimum Gasteiger partial charge on any atom is -0.488 e. The summed E-state index contributed by atoms with van der Waals surface area (Å²) in [5.41, 5.74) is 4.90. The molecule has 298 valence electrons. The highest BCUT2D eigenvalue weighted by Crippen LogP contribution is 2.42. The number of hydrogen-bond acceptors (Lipinski definition) is 11. The molecule has 0 saturated carbocycles. The Kier molecular flexibility index (Phi) is 10.5. The number of alkyl carbamates (subject to hydrolysis) is 1. The molecule has 3 aliphatic heterocycles. The second-order valence-electron chi connectivity index (χ2n) is 15.0. The maximum Gasteiger partial charge on any atom is 0.407 e.